The molecular weight excluding hydrogens is 403 g/mol. The summed E-state index contributed by atoms with van der Waals surface area (Å²) in [6, 6.07) is 3.70. The van der Waals surface area contributed by atoms with Gasteiger partial charge in [0, 0.05) is 18.2 Å². The van der Waals surface area contributed by atoms with Crippen LogP contribution < -0.4 is 0 Å². The Morgan fingerprint density at radius 3 is 1.96 bits per heavy atom. The lowest BCUT2D eigenvalue weighted by Gasteiger charge is -2.33. The van der Waals surface area contributed by atoms with Gasteiger partial charge in [-0.25, -0.2) is 13.2 Å². The first-order valence-corrected chi connectivity index (χ1v) is 7.65. The fourth-order valence-corrected chi connectivity index (χ4v) is 2.88. The van der Waals surface area contributed by atoms with Gasteiger partial charge in [0.2, 0.25) is 0 Å². The number of hydrogen-bond acceptors (Lipinski definition) is 1. The molecule has 0 N–H and O–H groups in total. The van der Waals surface area contributed by atoms with E-state index in [9.17, 15) is 39.5 Å². The maximum atomic E-state index is 14.8. The largest absolute Gasteiger partial charge is 0.435 e. The first-order chi connectivity index (χ1) is 12.8. The topological polar surface area (TPSA) is 9.23 Å². The van der Waals surface area contributed by atoms with Crippen LogP contribution in [0.2, 0.25) is 0 Å². The highest BCUT2D eigenvalue weighted by Gasteiger charge is 2.74. The standard InChI is InChI=1S/C18H13F9O/c1-9-6-10(8-28-2)14(11-4-3-5-13(19)15(11)20)12(7-9)16(21,17(22,23)24)18(25,26)27/h3-7H,8H2,1-2H3. The van der Waals surface area contributed by atoms with Gasteiger partial charge in [-0.15, -0.1) is 0 Å². The highest BCUT2D eigenvalue weighted by molar-refractivity contribution is 5.74. The van der Waals surface area contributed by atoms with Gasteiger partial charge in [0.15, 0.2) is 11.6 Å². The molecule has 0 spiro atoms. The Labute approximate surface area is 153 Å². The summed E-state index contributed by atoms with van der Waals surface area (Å²) < 4.78 is 127. The first-order valence-electron chi connectivity index (χ1n) is 7.65. The molecule has 154 valence electrons. The molecule has 28 heavy (non-hydrogen) atoms. The average Bonchev–Trinajstić information content (AvgIpc) is 2.55. The predicted molar refractivity (Wildman–Crippen MR) is 82.1 cm³/mol. The van der Waals surface area contributed by atoms with E-state index in [-0.39, 0.29) is 11.1 Å². The fourth-order valence-electron chi connectivity index (χ4n) is 2.88. The predicted octanol–water partition coefficient (Wildman–Crippen LogP) is 6.38. The smallest absolute Gasteiger partial charge is 0.380 e. The molecule has 0 aromatic heterocycles. The lowest BCUT2D eigenvalue weighted by molar-refractivity contribution is -0.348. The van der Waals surface area contributed by atoms with E-state index < -0.39 is 53.0 Å². The van der Waals surface area contributed by atoms with Crippen LogP contribution in [-0.4, -0.2) is 19.5 Å². The first kappa shape index (κ1) is 22.1. The van der Waals surface area contributed by atoms with Gasteiger partial charge in [-0.2, -0.15) is 26.3 Å². The minimum atomic E-state index is -6.41. The molecule has 0 atom stereocenters. The van der Waals surface area contributed by atoms with Crippen LogP contribution in [0.15, 0.2) is 30.3 Å². The molecule has 0 heterocycles. The Morgan fingerprint density at radius 2 is 1.46 bits per heavy atom. The Bertz CT molecular complexity index is 855. The molecule has 1 nitrogen and oxygen atoms in total. The van der Waals surface area contributed by atoms with Crippen LogP contribution in [0, 0.1) is 18.6 Å². The number of aryl methyl sites for hydroxylation is 1. The minimum Gasteiger partial charge on any atom is -0.380 e. The molecular formula is C18H13F9O. The van der Waals surface area contributed by atoms with E-state index in [2.05, 4.69) is 0 Å². The third-order valence-corrected chi connectivity index (χ3v) is 4.04. The number of halogens is 9. The van der Waals surface area contributed by atoms with Crippen LogP contribution >= 0.6 is 0 Å². The van der Waals surface area contributed by atoms with E-state index in [0.29, 0.717) is 12.1 Å². The molecule has 2 aromatic carbocycles. The quantitative estimate of drug-likeness (QED) is 0.526. The van der Waals surface area contributed by atoms with E-state index in [4.69, 9.17) is 4.74 Å². The summed E-state index contributed by atoms with van der Waals surface area (Å²) in [5.74, 6) is -3.23. The highest BCUT2D eigenvalue weighted by Crippen LogP contribution is 2.56. The van der Waals surface area contributed by atoms with Crippen LogP contribution in [0.4, 0.5) is 39.5 Å². The normalized spacial score (nSPS) is 13.1. The minimum absolute atomic E-state index is 0.155. The van der Waals surface area contributed by atoms with Gasteiger partial charge < -0.3 is 4.74 Å². The summed E-state index contributed by atoms with van der Waals surface area (Å²) in [6.07, 6.45) is -12.8. The number of benzene rings is 2. The summed E-state index contributed by atoms with van der Waals surface area (Å²) >= 11 is 0. The Kier molecular flexibility index (Phi) is 5.76. The molecule has 0 aliphatic carbocycles. The van der Waals surface area contributed by atoms with Crippen LogP contribution in [0.25, 0.3) is 11.1 Å². The van der Waals surface area contributed by atoms with Gasteiger partial charge >= 0.3 is 18.0 Å². The van der Waals surface area contributed by atoms with Crippen molar-refractivity contribution in [1.82, 2.24) is 0 Å². The summed E-state index contributed by atoms with van der Waals surface area (Å²) in [7, 11) is 1.09. The third-order valence-electron chi connectivity index (χ3n) is 4.04. The van der Waals surface area contributed by atoms with Gasteiger partial charge in [-0.3, -0.25) is 0 Å². The van der Waals surface area contributed by atoms with Gasteiger partial charge in [0.1, 0.15) is 0 Å². The molecule has 0 bridgehead atoms. The zero-order valence-electron chi connectivity index (χ0n) is 14.4. The number of rotatable bonds is 4. The molecule has 2 aromatic rings. The van der Waals surface area contributed by atoms with Crippen molar-refractivity contribution >= 4 is 0 Å². The second-order valence-electron chi connectivity index (χ2n) is 6.03. The number of methoxy groups -OCH3 is 1. The second kappa shape index (κ2) is 7.31. The van der Waals surface area contributed by atoms with E-state index in [1.54, 1.807) is 0 Å². The van der Waals surface area contributed by atoms with Crippen molar-refractivity contribution in [1.29, 1.82) is 0 Å². The highest BCUT2D eigenvalue weighted by atomic mass is 19.4. The summed E-state index contributed by atoms with van der Waals surface area (Å²) in [5.41, 5.74) is -10.2. The maximum absolute atomic E-state index is 14.8. The Morgan fingerprint density at radius 1 is 0.893 bits per heavy atom. The third kappa shape index (κ3) is 3.57. The summed E-state index contributed by atoms with van der Waals surface area (Å²) in [6.45, 7) is 0.577. The average molecular weight is 416 g/mol. The van der Waals surface area contributed by atoms with Crippen molar-refractivity contribution in [3.63, 3.8) is 0 Å². The van der Waals surface area contributed by atoms with Gasteiger partial charge in [-0.05, 0) is 24.1 Å². The lowest BCUT2D eigenvalue weighted by Crippen LogP contribution is -2.50. The molecule has 0 amide bonds. The number of ether oxygens (including phenoxy) is 1. The van der Waals surface area contributed by atoms with Crippen LogP contribution in [0.1, 0.15) is 16.7 Å². The van der Waals surface area contributed by atoms with Crippen molar-refractivity contribution in [2.75, 3.05) is 7.11 Å². The SMILES string of the molecule is COCc1cc(C)cc(C(F)(C(F)(F)F)C(F)(F)F)c1-c1cccc(F)c1F. The van der Waals surface area contributed by atoms with Gasteiger partial charge in [0.05, 0.1) is 6.61 Å². The van der Waals surface area contributed by atoms with Crippen LogP contribution in [-0.2, 0) is 17.0 Å². The van der Waals surface area contributed by atoms with E-state index in [1.807, 2.05) is 0 Å². The van der Waals surface area contributed by atoms with Crippen molar-refractivity contribution in [2.24, 2.45) is 0 Å². The van der Waals surface area contributed by atoms with E-state index >= 15 is 0 Å². The Hall–Kier alpha value is -2.23. The zero-order valence-corrected chi connectivity index (χ0v) is 14.4. The van der Waals surface area contributed by atoms with Crippen molar-refractivity contribution in [2.45, 2.75) is 31.6 Å². The maximum Gasteiger partial charge on any atom is 0.435 e. The fraction of sp³-hybridized carbons (Fsp3) is 0.333. The lowest BCUT2D eigenvalue weighted by atomic mass is 9.83. The molecule has 0 unspecified atom stereocenters. The molecule has 0 aliphatic rings. The molecule has 0 radical (unpaired) electrons. The molecule has 10 heteroatoms. The summed E-state index contributed by atoms with van der Waals surface area (Å²) in [5, 5.41) is 0. The van der Waals surface area contributed by atoms with Crippen molar-refractivity contribution in [3.8, 4) is 11.1 Å². The van der Waals surface area contributed by atoms with Crippen LogP contribution in [0.3, 0.4) is 0 Å². The van der Waals surface area contributed by atoms with Gasteiger partial charge in [0.25, 0.3) is 0 Å². The van der Waals surface area contributed by atoms with Crippen LogP contribution in [0.5, 0.6) is 0 Å². The van der Waals surface area contributed by atoms with E-state index in [1.165, 1.54) is 0 Å². The second-order valence-corrected chi connectivity index (χ2v) is 6.03. The van der Waals surface area contributed by atoms with E-state index in [0.717, 1.165) is 32.2 Å². The molecule has 0 saturated carbocycles. The van der Waals surface area contributed by atoms with Crippen molar-refractivity contribution in [3.05, 3.63) is 58.7 Å². The number of hydrogen-bond donors (Lipinski definition) is 0. The Balaban J connectivity index is 3.05. The summed E-state index contributed by atoms with van der Waals surface area (Å²) in [4.78, 5) is 0. The van der Waals surface area contributed by atoms with Crippen molar-refractivity contribution < 1.29 is 44.3 Å². The number of alkyl halides is 7. The molecule has 0 saturated heterocycles. The zero-order chi connectivity index (χ0) is 21.5. The molecule has 0 aliphatic heterocycles. The monoisotopic (exact) mass is 416 g/mol. The van der Waals surface area contributed by atoms with Gasteiger partial charge in [-0.1, -0.05) is 29.8 Å². The molecule has 0 fully saturated rings. The molecule has 2 rings (SSSR count).